The molecule has 0 amide bonds. The zero-order chi connectivity index (χ0) is 14.3. The van der Waals surface area contributed by atoms with Crippen LogP contribution < -0.4 is 0 Å². The largest absolute Gasteiger partial charge is 0.223 e. The van der Waals surface area contributed by atoms with E-state index < -0.39 is 0 Å². The van der Waals surface area contributed by atoms with Crippen molar-refractivity contribution in [2.75, 3.05) is 0 Å². The Hall–Kier alpha value is -1.93. The number of halogens is 1. The zero-order valence-electron chi connectivity index (χ0n) is 11.2. The molecule has 0 bridgehead atoms. The summed E-state index contributed by atoms with van der Waals surface area (Å²) >= 11 is 5.98. The molecule has 19 heavy (non-hydrogen) atoms. The van der Waals surface area contributed by atoms with Gasteiger partial charge in [0.2, 0.25) is 5.28 Å². The van der Waals surface area contributed by atoms with E-state index in [0.29, 0.717) is 0 Å². The van der Waals surface area contributed by atoms with E-state index in [1.807, 2.05) is 44.2 Å². The number of hydrogen-bond acceptors (Lipinski definition) is 2. The molecule has 1 aromatic heterocycles. The average Bonchev–Trinajstić information content (AvgIpc) is 2.40. The van der Waals surface area contributed by atoms with Gasteiger partial charge in [-0.3, -0.25) is 0 Å². The minimum atomic E-state index is 0.210. The van der Waals surface area contributed by atoms with Crippen LogP contribution in [-0.2, 0) is 0 Å². The van der Waals surface area contributed by atoms with Crippen LogP contribution in [0.25, 0.3) is 11.1 Å². The maximum atomic E-state index is 5.98. The maximum Gasteiger partial charge on any atom is 0.223 e. The summed E-state index contributed by atoms with van der Waals surface area (Å²) in [6.45, 7) is 11.4. The monoisotopic (exact) mass is 272 g/mol. The van der Waals surface area contributed by atoms with Crippen LogP contribution in [0, 0.1) is 0 Å². The summed E-state index contributed by atoms with van der Waals surface area (Å²) in [5, 5.41) is 0.210. The van der Waals surface area contributed by atoms with E-state index >= 15 is 0 Å². The molecule has 0 saturated carbocycles. The molecule has 98 valence electrons. The van der Waals surface area contributed by atoms with Crippen LogP contribution in [-0.4, -0.2) is 9.97 Å². The van der Waals surface area contributed by atoms with Crippen molar-refractivity contribution >= 4 is 22.7 Å². The fraction of sp³-hybridized carbons (Fsp3) is 0.125. The van der Waals surface area contributed by atoms with Gasteiger partial charge < -0.3 is 0 Å². The first-order chi connectivity index (χ1) is 9.15. The molecule has 0 aliphatic carbocycles. The number of aromatic nitrogens is 2. The van der Waals surface area contributed by atoms with E-state index in [1.165, 1.54) is 0 Å². The topological polar surface area (TPSA) is 25.8 Å². The second-order valence-corrected chi connectivity index (χ2v) is 4.05. The molecule has 0 aromatic carbocycles. The summed E-state index contributed by atoms with van der Waals surface area (Å²) in [5.41, 5.74) is 3.30. The summed E-state index contributed by atoms with van der Waals surface area (Å²) in [5.74, 6) is 0. The van der Waals surface area contributed by atoms with Crippen LogP contribution in [0.1, 0.15) is 25.2 Å². The van der Waals surface area contributed by atoms with E-state index in [2.05, 4.69) is 23.1 Å². The third kappa shape index (κ3) is 4.04. The smallest absolute Gasteiger partial charge is 0.218 e. The molecule has 0 spiro atoms. The Morgan fingerprint density at radius 1 is 1.11 bits per heavy atom. The molecule has 0 fully saturated rings. The molecule has 1 heterocycles. The summed E-state index contributed by atoms with van der Waals surface area (Å²) in [7, 11) is 0. The fourth-order valence-corrected chi connectivity index (χ4v) is 1.72. The van der Waals surface area contributed by atoms with Gasteiger partial charge in [-0.05, 0) is 42.7 Å². The van der Waals surface area contributed by atoms with Crippen molar-refractivity contribution in [3.63, 3.8) is 0 Å². The minimum absolute atomic E-state index is 0.210. The number of nitrogens with zero attached hydrogens (tertiary/aromatic N) is 2. The lowest BCUT2D eigenvalue weighted by atomic mass is 10.1. The first kappa shape index (κ1) is 15.1. The average molecular weight is 273 g/mol. The molecule has 0 aliphatic rings. The van der Waals surface area contributed by atoms with Gasteiger partial charge in [0.25, 0.3) is 0 Å². The van der Waals surface area contributed by atoms with E-state index in [0.717, 1.165) is 22.5 Å². The molecule has 0 atom stereocenters. The number of allylic oxidation sites excluding steroid dienone is 8. The maximum absolute atomic E-state index is 5.98. The highest BCUT2D eigenvalue weighted by Gasteiger charge is 2.07. The summed E-state index contributed by atoms with van der Waals surface area (Å²) in [6, 6.07) is 1.87. The fourth-order valence-electron chi connectivity index (χ4n) is 1.54. The van der Waals surface area contributed by atoms with Crippen molar-refractivity contribution in [3.05, 3.63) is 72.4 Å². The Balaban J connectivity index is 3.37. The standard InChI is InChI=1S/C16H17ClN2/c1-5-9-10-13(8-4)15-11-14(12(6-2)7-3)18-16(17)19-15/h5-11H,2,4H2,1,3H3/b9-5-,12-7+,13-10+. The predicted molar refractivity (Wildman–Crippen MR) is 83.9 cm³/mol. The lowest BCUT2D eigenvalue weighted by Gasteiger charge is -2.06. The molecule has 0 saturated heterocycles. The third-order valence-corrected chi connectivity index (χ3v) is 2.68. The van der Waals surface area contributed by atoms with Gasteiger partial charge in [-0.2, -0.15) is 0 Å². The second kappa shape index (κ2) is 7.49. The van der Waals surface area contributed by atoms with Gasteiger partial charge in [0.15, 0.2) is 0 Å². The Kier molecular flexibility index (Phi) is 5.97. The van der Waals surface area contributed by atoms with Gasteiger partial charge in [0.1, 0.15) is 0 Å². The van der Waals surface area contributed by atoms with Gasteiger partial charge in [-0.25, -0.2) is 9.97 Å². The van der Waals surface area contributed by atoms with Crippen molar-refractivity contribution in [2.45, 2.75) is 13.8 Å². The van der Waals surface area contributed by atoms with Crippen molar-refractivity contribution in [3.8, 4) is 0 Å². The first-order valence-corrected chi connectivity index (χ1v) is 6.33. The van der Waals surface area contributed by atoms with Crippen molar-refractivity contribution in [1.82, 2.24) is 9.97 Å². The van der Waals surface area contributed by atoms with Gasteiger partial charge in [-0.1, -0.05) is 49.6 Å². The Morgan fingerprint density at radius 2 is 1.68 bits per heavy atom. The van der Waals surface area contributed by atoms with Crippen molar-refractivity contribution in [1.29, 1.82) is 0 Å². The highest BCUT2D eigenvalue weighted by molar-refractivity contribution is 6.28. The van der Waals surface area contributed by atoms with Crippen LogP contribution >= 0.6 is 11.6 Å². The highest BCUT2D eigenvalue weighted by atomic mass is 35.5. The molecule has 1 rings (SSSR count). The van der Waals surface area contributed by atoms with Crippen LogP contribution in [0.15, 0.2) is 55.7 Å². The lowest BCUT2D eigenvalue weighted by Crippen LogP contribution is -1.96. The first-order valence-electron chi connectivity index (χ1n) is 5.95. The van der Waals surface area contributed by atoms with E-state index in [4.69, 9.17) is 11.6 Å². The van der Waals surface area contributed by atoms with Crippen LogP contribution in [0.5, 0.6) is 0 Å². The normalized spacial score (nSPS) is 12.8. The van der Waals surface area contributed by atoms with Gasteiger partial charge in [0, 0.05) is 0 Å². The van der Waals surface area contributed by atoms with E-state index in [-0.39, 0.29) is 5.28 Å². The van der Waals surface area contributed by atoms with Crippen molar-refractivity contribution < 1.29 is 0 Å². The van der Waals surface area contributed by atoms with Crippen molar-refractivity contribution in [2.24, 2.45) is 0 Å². The number of rotatable bonds is 5. The molecule has 0 unspecified atom stereocenters. The number of hydrogen-bond donors (Lipinski definition) is 0. The Morgan fingerprint density at radius 3 is 2.16 bits per heavy atom. The molecule has 0 N–H and O–H groups in total. The quantitative estimate of drug-likeness (QED) is 0.565. The lowest BCUT2D eigenvalue weighted by molar-refractivity contribution is 1.12. The summed E-state index contributed by atoms with van der Waals surface area (Å²) < 4.78 is 0. The molecule has 3 heteroatoms. The minimum Gasteiger partial charge on any atom is -0.218 e. The van der Waals surface area contributed by atoms with Gasteiger partial charge in [-0.15, -0.1) is 0 Å². The second-order valence-electron chi connectivity index (χ2n) is 3.71. The highest BCUT2D eigenvalue weighted by Crippen LogP contribution is 2.21. The molecule has 0 radical (unpaired) electrons. The predicted octanol–water partition coefficient (Wildman–Crippen LogP) is 4.86. The Labute approximate surface area is 119 Å². The molecular formula is C16H17ClN2. The van der Waals surface area contributed by atoms with Gasteiger partial charge in [0.05, 0.1) is 11.4 Å². The van der Waals surface area contributed by atoms with Crippen LogP contribution in [0.2, 0.25) is 5.28 Å². The Bertz CT molecular complexity index is 566. The summed E-state index contributed by atoms with van der Waals surface area (Å²) in [6.07, 6.45) is 11.2. The third-order valence-electron chi connectivity index (χ3n) is 2.51. The SMILES string of the molecule is C=C/C(=C\C)c1cc(/C(C=C)=C/C=C\C)nc(Cl)n1. The molecule has 1 aromatic rings. The summed E-state index contributed by atoms with van der Waals surface area (Å²) in [4.78, 5) is 8.44. The van der Waals surface area contributed by atoms with Crippen LogP contribution in [0.3, 0.4) is 0 Å². The van der Waals surface area contributed by atoms with Gasteiger partial charge >= 0.3 is 0 Å². The van der Waals surface area contributed by atoms with E-state index in [9.17, 15) is 0 Å². The molecular weight excluding hydrogens is 256 g/mol. The van der Waals surface area contributed by atoms with Crippen LogP contribution in [0.4, 0.5) is 0 Å². The molecule has 2 nitrogen and oxygen atoms in total. The zero-order valence-corrected chi connectivity index (χ0v) is 12.0. The van der Waals surface area contributed by atoms with E-state index in [1.54, 1.807) is 12.2 Å². The molecule has 0 aliphatic heterocycles.